The monoisotopic (exact) mass is 439 g/mol. The molecule has 2 N–H and O–H groups in total. The number of nitrogens with zero attached hydrogens (tertiary/aromatic N) is 3. The minimum Gasteiger partial charge on any atom is -0.326 e. The molecule has 3 aromatic rings. The molecule has 2 aromatic carbocycles. The second kappa shape index (κ2) is 10.6. The van der Waals surface area contributed by atoms with E-state index in [0.29, 0.717) is 24.2 Å². The number of aromatic amines is 1. The number of halogens is 1. The first-order valence-electron chi connectivity index (χ1n) is 10.4. The van der Waals surface area contributed by atoms with Crippen LogP contribution in [-0.2, 0) is 11.2 Å². The summed E-state index contributed by atoms with van der Waals surface area (Å²) in [6.07, 6.45) is 2.03. The fraction of sp³-hybridized carbons (Fsp3) is 0.304. The number of aromatic nitrogens is 2. The zero-order chi connectivity index (χ0) is 23.1. The van der Waals surface area contributed by atoms with E-state index in [0.717, 1.165) is 36.3 Å². The van der Waals surface area contributed by atoms with Crippen molar-refractivity contribution in [2.75, 3.05) is 25.5 Å². The minimum atomic E-state index is -0.458. The number of hydrogen-bond acceptors (Lipinski definition) is 5. The Morgan fingerprint density at radius 1 is 1.19 bits per heavy atom. The van der Waals surface area contributed by atoms with Gasteiger partial charge in [0.1, 0.15) is 5.82 Å². The normalized spacial score (nSPS) is 11.0. The van der Waals surface area contributed by atoms with Crippen molar-refractivity contribution in [2.24, 2.45) is 0 Å². The molecule has 0 aliphatic rings. The summed E-state index contributed by atoms with van der Waals surface area (Å²) in [6, 6.07) is 12.6. The maximum atomic E-state index is 13.1. The van der Waals surface area contributed by atoms with Crippen LogP contribution in [0.15, 0.2) is 48.5 Å². The highest BCUT2D eigenvalue weighted by molar-refractivity contribution is 5.91. The number of H-pyrrole nitrogens is 1. The number of amides is 1. The van der Waals surface area contributed by atoms with Gasteiger partial charge >= 0.3 is 0 Å². The summed E-state index contributed by atoms with van der Waals surface area (Å²) in [5.41, 5.74) is 3.89. The predicted octanol–water partition coefficient (Wildman–Crippen LogP) is 4.33. The van der Waals surface area contributed by atoms with Crippen molar-refractivity contribution in [2.45, 2.75) is 26.2 Å². The molecule has 8 nitrogen and oxygen atoms in total. The Kier molecular flexibility index (Phi) is 7.67. The third-order valence-electron chi connectivity index (χ3n) is 5.17. The van der Waals surface area contributed by atoms with E-state index in [4.69, 9.17) is 0 Å². The van der Waals surface area contributed by atoms with Crippen LogP contribution in [-0.4, -0.2) is 46.1 Å². The van der Waals surface area contributed by atoms with Crippen molar-refractivity contribution >= 4 is 17.3 Å². The summed E-state index contributed by atoms with van der Waals surface area (Å²) in [6.45, 7) is 3.14. The molecule has 0 aliphatic heterocycles. The lowest BCUT2D eigenvalue weighted by Crippen LogP contribution is -2.25. The maximum Gasteiger partial charge on any atom is 0.269 e. The number of benzene rings is 2. The SMILES string of the molecule is Cc1cc([N+](=O)[O-])ccc1NC(=O)CCN(C)CCCc1cc(-c2ccc(F)cc2)n[nH]1. The molecule has 0 saturated carbocycles. The van der Waals surface area contributed by atoms with Gasteiger partial charge in [0.15, 0.2) is 0 Å². The number of carbonyl (C=O) groups excluding carboxylic acids is 1. The van der Waals surface area contributed by atoms with E-state index in [1.165, 1.54) is 24.3 Å². The average Bonchev–Trinajstić information content (AvgIpc) is 3.23. The second-order valence-electron chi connectivity index (χ2n) is 7.75. The van der Waals surface area contributed by atoms with Crippen LogP contribution in [0.4, 0.5) is 15.8 Å². The van der Waals surface area contributed by atoms with Crippen molar-refractivity contribution < 1.29 is 14.1 Å². The fourth-order valence-corrected chi connectivity index (χ4v) is 3.32. The Balaban J connectivity index is 1.39. The van der Waals surface area contributed by atoms with E-state index in [1.54, 1.807) is 25.1 Å². The Morgan fingerprint density at radius 2 is 1.94 bits per heavy atom. The van der Waals surface area contributed by atoms with Crippen molar-refractivity contribution in [3.8, 4) is 11.3 Å². The van der Waals surface area contributed by atoms with Gasteiger partial charge < -0.3 is 10.2 Å². The van der Waals surface area contributed by atoms with Crippen LogP contribution in [0, 0.1) is 22.9 Å². The zero-order valence-electron chi connectivity index (χ0n) is 18.1. The molecular weight excluding hydrogens is 413 g/mol. The van der Waals surface area contributed by atoms with Crippen LogP contribution in [0.3, 0.4) is 0 Å². The molecule has 1 aromatic heterocycles. The number of carbonyl (C=O) groups is 1. The van der Waals surface area contributed by atoms with E-state index in [2.05, 4.69) is 20.4 Å². The van der Waals surface area contributed by atoms with Crippen LogP contribution < -0.4 is 5.32 Å². The predicted molar refractivity (Wildman–Crippen MR) is 121 cm³/mol. The number of hydrogen-bond donors (Lipinski definition) is 2. The zero-order valence-corrected chi connectivity index (χ0v) is 18.1. The average molecular weight is 439 g/mol. The topological polar surface area (TPSA) is 104 Å². The molecule has 0 radical (unpaired) electrons. The van der Waals surface area contributed by atoms with Crippen molar-refractivity contribution in [3.63, 3.8) is 0 Å². The number of rotatable bonds is 10. The Hall–Kier alpha value is -3.59. The Bertz CT molecular complexity index is 1080. The molecular formula is C23H26FN5O3. The fourth-order valence-electron chi connectivity index (χ4n) is 3.32. The molecule has 32 heavy (non-hydrogen) atoms. The van der Waals surface area contributed by atoms with Gasteiger partial charge in [-0.2, -0.15) is 5.10 Å². The van der Waals surface area contributed by atoms with E-state index in [-0.39, 0.29) is 17.4 Å². The first-order chi connectivity index (χ1) is 15.3. The lowest BCUT2D eigenvalue weighted by molar-refractivity contribution is -0.384. The molecule has 0 spiro atoms. The highest BCUT2D eigenvalue weighted by Gasteiger charge is 2.11. The molecule has 1 heterocycles. The van der Waals surface area contributed by atoms with E-state index in [1.807, 2.05) is 13.1 Å². The first-order valence-corrected chi connectivity index (χ1v) is 10.4. The quantitative estimate of drug-likeness (QED) is 0.362. The number of nitro groups is 1. The number of non-ortho nitro benzene ring substituents is 1. The molecule has 0 unspecified atom stereocenters. The smallest absolute Gasteiger partial charge is 0.269 e. The van der Waals surface area contributed by atoms with Gasteiger partial charge in [-0.3, -0.25) is 20.0 Å². The number of nitrogens with one attached hydrogen (secondary N) is 2. The minimum absolute atomic E-state index is 0.00212. The molecule has 0 saturated heterocycles. The third-order valence-corrected chi connectivity index (χ3v) is 5.17. The first kappa shape index (κ1) is 23.1. The van der Waals surface area contributed by atoms with E-state index < -0.39 is 4.92 Å². The van der Waals surface area contributed by atoms with Gasteiger partial charge in [-0.15, -0.1) is 0 Å². The van der Waals surface area contributed by atoms with Gasteiger partial charge in [-0.25, -0.2) is 4.39 Å². The second-order valence-corrected chi connectivity index (χ2v) is 7.75. The largest absolute Gasteiger partial charge is 0.326 e. The third kappa shape index (κ3) is 6.45. The van der Waals surface area contributed by atoms with Crippen LogP contribution >= 0.6 is 0 Å². The molecule has 0 fully saturated rings. The summed E-state index contributed by atoms with van der Waals surface area (Å²) in [5, 5.41) is 20.9. The van der Waals surface area contributed by atoms with E-state index >= 15 is 0 Å². The summed E-state index contributed by atoms with van der Waals surface area (Å²) < 4.78 is 13.1. The lowest BCUT2D eigenvalue weighted by atomic mass is 10.1. The van der Waals surface area contributed by atoms with Crippen molar-refractivity contribution in [3.05, 3.63) is 75.7 Å². The van der Waals surface area contributed by atoms with Crippen LogP contribution in [0.25, 0.3) is 11.3 Å². The Morgan fingerprint density at radius 3 is 2.62 bits per heavy atom. The van der Waals surface area contributed by atoms with Crippen LogP contribution in [0.2, 0.25) is 0 Å². The maximum absolute atomic E-state index is 13.1. The lowest BCUT2D eigenvalue weighted by Gasteiger charge is -2.16. The Labute approximate surface area is 185 Å². The molecule has 9 heteroatoms. The van der Waals surface area contributed by atoms with Crippen LogP contribution in [0.5, 0.6) is 0 Å². The van der Waals surface area contributed by atoms with Crippen LogP contribution in [0.1, 0.15) is 24.1 Å². The standard InChI is InChI=1S/C23H26FN5O3/c1-16-14-20(29(31)32)9-10-21(16)25-23(30)11-13-28(2)12-3-4-19-15-22(27-26-19)17-5-7-18(24)8-6-17/h5-10,14-15H,3-4,11-13H2,1-2H3,(H,25,30)(H,26,27). The van der Waals surface area contributed by atoms with Gasteiger partial charge in [0.2, 0.25) is 5.91 Å². The van der Waals surface area contributed by atoms with Gasteiger partial charge in [-0.1, -0.05) is 0 Å². The highest BCUT2D eigenvalue weighted by atomic mass is 19.1. The van der Waals surface area contributed by atoms with E-state index in [9.17, 15) is 19.3 Å². The van der Waals surface area contributed by atoms with Gasteiger partial charge in [0.25, 0.3) is 5.69 Å². The summed E-state index contributed by atoms with van der Waals surface area (Å²) in [5.74, 6) is -0.407. The van der Waals surface area contributed by atoms with Crippen molar-refractivity contribution in [1.29, 1.82) is 0 Å². The number of anilines is 1. The van der Waals surface area contributed by atoms with Gasteiger partial charge in [0.05, 0.1) is 10.6 Å². The molecule has 0 atom stereocenters. The molecule has 0 aliphatic carbocycles. The highest BCUT2D eigenvalue weighted by Crippen LogP contribution is 2.21. The summed E-state index contributed by atoms with van der Waals surface area (Å²) in [4.78, 5) is 24.7. The molecule has 1 amide bonds. The summed E-state index contributed by atoms with van der Waals surface area (Å²) >= 11 is 0. The van der Waals surface area contributed by atoms with Crippen molar-refractivity contribution in [1.82, 2.24) is 15.1 Å². The van der Waals surface area contributed by atoms with Gasteiger partial charge in [0, 0.05) is 42.0 Å². The summed E-state index contributed by atoms with van der Waals surface area (Å²) in [7, 11) is 1.96. The number of nitro benzene ring substituents is 1. The van der Waals surface area contributed by atoms with Gasteiger partial charge in [-0.05, 0) is 75.3 Å². The molecule has 168 valence electrons. The molecule has 0 bridgehead atoms. The number of aryl methyl sites for hydroxylation is 2. The molecule has 3 rings (SSSR count).